The van der Waals surface area contributed by atoms with Crippen molar-refractivity contribution in [1.29, 1.82) is 0 Å². The van der Waals surface area contributed by atoms with Crippen LogP contribution in [-0.2, 0) is 25.0 Å². The molecule has 1 aliphatic heterocycles. The zero-order chi connectivity index (χ0) is 25.0. The molecule has 5 fully saturated rings. The Morgan fingerprint density at radius 2 is 1.77 bits per heavy atom. The number of methoxy groups -OCH3 is 1. The summed E-state index contributed by atoms with van der Waals surface area (Å²) in [6.07, 6.45) is 1.24. The fraction of sp³-hybridized carbons (Fsp3) is 0.760. The normalized spacial score (nSPS) is 39.9. The maximum atomic E-state index is 9.84. The number of hydrogen-bond donors (Lipinski definition) is 4. The molecule has 0 amide bonds. The topological polar surface area (TPSA) is 127 Å². The Morgan fingerprint density at radius 1 is 1.06 bits per heavy atom. The van der Waals surface area contributed by atoms with Gasteiger partial charge in [-0.2, -0.15) is 4.89 Å². The first kappa shape index (κ1) is 25.6. The fourth-order valence-corrected chi connectivity index (χ4v) is 7.68. The van der Waals surface area contributed by atoms with Crippen molar-refractivity contribution >= 4 is 11.6 Å². The van der Waals surface area contributed by atoms with Crippen LogP contribution >= 0.6 is 11.6 Å². The highest BCUT2D eigenvalue weighted by atomic mass is 35.5. The molecule has 10 heteroatoms. The van der Waals surface area contributed by atoms with Crippen LogP contribution in [0.1, 0.15) is 43.2 Å². The van der Waals surface area contributed by atoms with Crippen LogP contribution in [0.3, 0.4) is 0 Å². The van der Waals surface area contributed by atoms with Gasteiger partial charge in [-0.05, 0) is 68.4 Å². The van der Waals surface area contributed by atoms with E-state index in [2.05, 4.69) is 0 Å². The third-order valence-corrected chi connectivity index (χ3v) is 8.99. The van der Waals surface area contributed by atoms with E-state index in [9.17, 15) is 20.4 Å². The van der Waals surface area contributed by atoms with Crippen LogP contribution in [0.2, 0.25) is 0 Å². The predicted octanol–water partition coefficient (Wildman–Crippen LogP) is 1.74. The maximum absolute atomic E-state index is 9.84. The molecule has 1 aromatic rings. The number of rotatable bonds is 10. The first-order chi connectivity index (χ1) is 16.7. The van der Waals surface area contributed by atoms with Gasteiger partial charge in [0.15, 0.2) is 5.60 Å². The van der Waals surface area contributed by atoms with Crippen LogP contribution in [0.4, 0.5) is 0 Å². The molecule has 4 aliphatic carbocycles. The molecular weight excluding hydrogens is 480 g/mol. The van der Waals surface area contributed by atoms with E-state index in [0.717, 1.165) is 43.2 Å². The van der Waals surface area contributed by atoms with Gasteiger partial charge in [0, 0.05) is 17.5 Å². The van der Waals surface area contributed by atoms with Crippen molar-refractivity contribution in [1.82, 2.24) is 0 Å². The van der Waals surface area contributed by atoms with Crippen LogP contribution in [-0.4, -0.2) is 76.3 Å². The van der Waals surface area contributed by atoms with E-state index in [1.807, 2.05) is 19.1 Å². The molecule has 9 nitrogen and oxygen atoms in total. The summed E-state index contributed by atoms with van der Waals surface area (Å²) >= 11 is 6.98. The standard InChI is InChI=1S/C25H35ClO9/c1-14-3-4-16(7-20(14)32-22(13-29)33-21(12-28)19(30)11-27)25(31-2)24(34-35-25)17-5-15-6-18(24)10-23(26,8-15)9-17/h3-4,7,15,17-19,21-22,27-30H,5-6,8-13H2,1-2H3. The van der Waals surface area contributed by atoms with E-state index in [1.54, 1.807) is 13.2 Å². The second-order valence-corrected chi connectivity index (χ2v) is 11.4. The van der Waals surface area contributed by atoms with Gasteiger partial charge in [0.1, 0.15) is 24.6 Å². The number of aliphatic hydroxyl groups excluding tert-OH is 4. The van der Waals surface area contributed by atoms with Gasteiger partial charge in [-0.1, -0.05) is 12.1 Å². The average molecular weight is 515 g/mol. The largest absolute Gasteiger partial charge is 0.462 e. The van der Waals surface area contributed by atoms with E-state index in [-0.39, 0.29) is 16.7 Å². The van der Waals surface area contributed by atoms with Gasteiger partial charge >= 0.3 is 0 Å². The second kappa shape index (κ2) is 9.38. The van der Waals surface area contributed by atoms with Crippen molar-refractivity contribution in [2.75, 3.05) is 26.9 Å². The average Bonchev–Trinajstić information content (AvgIpc) is 2.81. The summed E-state index contributed by atoms with van der Waals surface area (Å²) in [5.41, 5.74) is 0.877. The molecule has 196 valence electrons. The summed E-state index contributed by atoms with van der Waals surface area (Å²) in [6, 6.07) is 5.60. The quantitative estimate of drug-likeness (QED) is 0.210. The van der Waals surface area contributed by atoms with E-state index < -0.39 is 49.7 Å². The van der Waals surface area contributed by atoms with Gasteiger partial charge in [0.2, 0.25) is 6.29 Å². The third-order valence-electron chi connectivity index (χ3n) is 8.52. The number of hydrogen-bond acceptors (Lipinski definition) is 9. The Bertz CT molecular complexity index is 908. The minimum absolute atomic E-state index is 0.171. The smallest absolute Gasteiger partial charge is 0.260 e. The van der Waals surface area contributed by atoms with Crippen LogP contribution in [0.25, 0.3) is 0 Å². The Hall–Kier alpha value is -1.01. The van der Waals surface area contributed by atoms with Crippen molar-refractivity contribution < 1.29 is 44.4 Å². The van der Waals surface area contributed by atoms with Crippen molar-refractivity contribution in [3.63, 3.8) is 0 Å². The Morgan fingerprint density at radius 3 is 2.29 bits per heavy atom. The van der Waals surface area contributed by atoms with Crippen LogP contribution in [0.15, 0.2) is 18.2 Å². The van der Waals surface area contributed by atoms with Gasteiger partial charge in [-0.25, -0.2) is 4.89 Å². The summed E-state index contributed by atoms with van der Waals surface area (Å²) in [6.45, 7) is 0.182. The molecule has 1 heterocycles. The second-order valence-electron chi connectivity index (χ2n) is 10.6. The third kappa shape index (κ3) is 3.91. The summed E-state index contributed by atoms with van der Waals surface area (Å²) in [4.78, 5) is 11.7. The van der Waals surface area contributed by atoms with E-state index in [1.165, 1.54) is 0 Å². The molecule has 6 rings (SSSR count). The highest BCUT2D eigenvalue weighted by Gasteiger charge is 2.78. The summed E-state index contributed by atoms with van der Waals surface area (Å²) < 4.78 is 17.6. The molecule has 0 aromatic heterocycles. The zero-order valence-electron chi connectivity index (χ0n) is 20.1. The number of aryl methyl sites for hydroxylation is 1. The molecule has 4 saturated carbocycles. The van der Waals surface area contributed by atoms with Crippen molar-refractivity contribution in [3.8, 4) is 5.75 Å². The van der Waals surface area contributed by atoms with Gasteiger partial charge < -0.3 is 34.6 Å². The fourth-order valence-electron chi connectivity index (χ4n) is 7.09. The Labute approximate surface area is 209 Å². The number of alkyl halides is 1. The Kier molecular flexibility index (Phi) is 6.87. The monoisotopic (exact) mass is 514 g/mol. The molecule has 5 aliphatic rings. The molecule has 1 spiro atoms. The van der Waals surface area contributed by atoms with Crippen molar-refractivity contribution in [2.24, 2.45) is 17.8 Å². The van der Waals surface area contributed by atoms with Gasteiger partial charge in [-0.15, -0.1) is 11.6 Å². The lowest BCUT2D eigenvalue weighted by atomic mass is 9.46. The maximum Gasteiger partial charge on any atom is 0.260 e. The highest BCUT2D eigenvalue weighted by molar-refractivity contribution is 6.24. The molecule has 0 radical (unpaired) electrons. The van der Waals surface area contributed by atoms with Crippen LogP contribution in [0.5, 0.6) is 5.75 Å². The van der Waals surface area contributed by atoms with Gasteiger partial charge in [-0.3, -0.25) is 0 Å². The van der Waals surface area contributed by atoms with Crippen LogP contribution < -0.4 is 4.74 Å². The minimum atomic E-state index is -1.32. The SMILES string of the molecule is COC1(c2ccc(C)c(OC(CO)OC(CO)C(O)CO)c2)OOC12C1CC3CC2CC(Cl)(C3)C1. The molecule has 4 N–H and O–H groups in total. The molecule has 6 atom stereocenters. The molecule has 35 heavy (non-hydrogen) atoms. The number of aliphatic hydroxyl groups is 4. The van der Waals surface area contributed by atoms with Gasteiger partial charge in [0.05, 0.1) is 13.2 Å². The van der Waals surface area contributed by atoms with E-state index in [4.69, 9.17) is 35.6 Å². The Balaban J connectivity index is 1.43. The van der Waals surface area contributed by atoms with E-state index in [0.29, 0.717) is 11.7 Å². The van der Waals surface area contributed by atoms with Crippen molar-refractivity contribution in [3.05, 3.63) is 29.3 Å². The summed E-state index contributed by atoms with van der Waals surface area (Å²) in [5.74, 6) is 0.332. The lowest BCUT2D eigenvalue weighted by molar-refractivity contribution is -0.645. The zero-order valence-corrected chi connectivity index (χ0v) is 20.8. The van der Waals surface area contributed by atoms with Gasteiger partial charge in [0.25, 0.3) is 5.79 Å². The molecule has 4 bridgehead atoms. The molecule has 6 unspecified atom stereocenters. The minimum Gasteiger partial charge on any atom is -0.462 e. The summed E-state index contributed by atoms with van der Waals surface area (Å²) in [7, 11) is 1.62. The van der Waals surface area contributed by atoms with Crippen molar-refractivity contribution in [2.45, 2.75) is 73.8 Å². The molecule has 1 aromatic carbocycles. The number of ether oxygens (including phenoxy) is 3. The lowest BCUT2D eigenvalue weighted by Gasteiger charge is -2.70. The highest BCUT2D eigenvalue weighted by Crippen LogP contribution is 2.71. The number of benzene rings is 1. The lowest BCUT2D eigenvalue weighted by Crippen LogP contribution is -2.78. The summed E-state index contributed by atoms with van der Waals surface area (Å²) in [5, 5.41) is 38.3. The predicted molar refractivity (Wildman–Crippen MR) is 123 cm³/mol. The first-order valence-electron chi connectivity index (χ1n) is 12.3. The van der Waals surface area contributed by atoms with Crippen LogP contribution in [0, 0.1) is 24.7 Å². The molecular formula is C25H35ClO9. The van der Waals surface area contributed by atoms with E-state index >= 15 is 0 Å². The number of halogens is 1. The first-order valence-corrected chi connectivity index (χ1v) is 12.7. The molecule has 1 saturated heterocycles.